The van der Waals surface area contributed by atoms with Crippen LogP contribution >= 0.6 is 11.3 Å². The van der Waals surface area contributed by atoms with E-state index in [9.17, 15) is 4.79 Å². The Balaban J connectivity index is 1.81. The molecule has 0 radical (unpaired) electrons. The van der Waals surface area contributed by atoms with Gasteiger partial charge in [-0.15, -0.1) is 11.3 Å². The fraction of sp³-hybridized carbons (Fsp3) is 0.0625. The summed E-state index contributed by atoms with van der Waals surface area (Å²) in [5.74, 6) is -0.204. The van der Waals surface area contributed by atoms with Crippen molar-refractivity contribution in [3.05, 3.63) is 64.5 Å². The highest BCUT2D eigenvalue weighted by molar-refractivity contribution is 7.12. The number of rotatable bonds is 3. The topological polar surface area (TPSA) is 54.4 Å². The standard InChI is InChI=1S/C16H13N3OS/c1-11(18-19-16(20)15-7-4-10-21-15)13-9-8-12-5-2-3-6-14(12)17-13/h2-10H,1H3,(H,19,20)/b18-11+. The highest BCUT2D eigenvalue weighted by atomic mass is 32.1. The first kappa shape index (κ1) is 13.5. The molecule has 0 saturated heterocycles. The number of nitrogens with zero attached hydrogens (tertiary/aromatic N) is 2. The minimum Gasteiger partial charge on any atom is -0.266 e. The molecule has 0 fully saturated rings. The summed E-state index contributed by atoms with van der Waals surface area (Å²) >= 11 is 1.38. The van der Waals surface area contributed by atoms with E-state index in [0.717, 1.165) is 16.6 Å². The van der Waals surface area contributed by atoms with E-state index in [1.165, 1.54) is 11.3 Å². The van der Waals surface area contributed by atoms with Crippen molar-refractivity contribution < 1.29 is 4.79 Å². The number of fused-ring (bicyclic) bond motifs is 1. The van der Waals surface area contributed by atoms with Gasteiger partial charge in [-0.05, 0) is 30.5 Å². The smallest absolute Gasteiger partial charge is 0.266 e. The van der Waals surface area contributed by atoms with Crippen LogP contribution in [0, 0.1) is 0 Å². The van der Waals surface area contributed by atoms with Crippen molar-refractivity contribution in [3.63, 3.8) is 0 Å². The van der Waals surface area contributed by atoms with Crippen molar-refractivity contribution in [2.45, 2.75) is 6.92 Å². The minimum absolute atomic E-state index is 0.204. The van der Waals surface area contributed by atoms with Gasteiger partial charge in [0.05, 0.1) is 21.8 Å². The number of hydrogen-bond acceptors (Lipinski definition) is 4. The average molecular weight is 295 g/mol. The maximum absolute atomic E-state index is 11.8. The molecule has 0 spiro atoms. The highest BCUT2D eigenvalue weighted by Gasteiger charge is 2.06. The summed E-state index contributed by atoms with van der Waals surface area (Å²) in [6.07, 6.45) is 0. The van der Waals surface area contributed by atoms with Crippen LogP contribution < -0.4 is 5.43 Å². The van der Waals surface area contributed by atoms with Gasteiger partial charge in [-0.2, -0.15) is 5.10 Å². The lowest BCUT2D eigenvalue weighted by Crippen LogP contribution is -2.18. The number of para-hydroxylation sites is 1. The molecule has 3 rings (SSSR count). The van der Waals surface area contributed by atoms with Crippen LogP contribution in [-0.2, 0) is 0 Å². The molecule has 0 bridgehead atoms. The molecule has 0 aliphatic heterocycles. The third-order valence-corrected chi connectivity index (χ3v) is 3.91. The molecular formula is C16H13N3OS. The van der Waals surface area contributed by atoms with Gasteiger partial charge in [0, 0.05) is 5.39 Å². The fourth-order valence-electron chi connectivity index (χ4n) is 1.92. The Bertz CT molecular complexity index is 809. The van der Waals surface area contributed by atoms with Crippen molar-refractivity contribution in [3.8, 4) is 0 Å². The van der Waals surface area contributed by atoms with Gasteiger partial charge in [-0.1, -0.05) is 30.3 Å². The number of hydrogen-bond donors (Lipinski definition) is 1. The molecule has 5 heteroatoms. The van der Waals surface area contributed by atoms with Crippen LogP contribution in [-0.4, -0.2) is 16.6 Å². The summed E-state index contributed by atoms with van der Waals surface area (Å²) in [4.78, 5) is 17.0. The van der Waals surface area contributed by atoms with E-state index in [4.69, 9.17) is 0 Å². The maximum Gasteiger partial charge on any atom is 0.281 e. The average Bonchev–Trinajstić information content (AvgIpc) is 3.06. The number of benzene rings is 1. The Hall–Kier alpha value is -2.53. The van der Waals surface area contributed by atoms with Crippen molar-refractivity contribution in [1.29, 1.82) is 0 Å². The first-order valence-corrected chi connectivity index (χ1v) is 7.36. The number of hydrazone groups is 1. The number of aromatic nitrogens is 1. The second kappa shape index (κ2) is 5.85. The lowest BCUT2D eigenvalue weighted by Gasteiger charge is -2.03. The Morgan fingerprint density at radius 3 is 2.81 bits per heavy atom. The third kappa shape index (κ3) is 2.98. The van der Waals surface area contributed by atoms with Crippen molar-refractivity contribution in [2.75, 3.05) is 0 Å². The quantitative estimate of drug-likeness (QED) is 0.594. The molecule has 4 nitrogen and oxygen atoms in total. The molecule has 0 saturated carbocycles. The summed E-state index contributed by atoms with van der Waals surface area (Å²) in [6.45, 7) is 1.83. The maximum atomic E-state index is 11.8. The zero-order valence-corrected chi connectivity index (χ0v) is 12.2. The van der Waals surface area contributed by atoms with Crippen LogP contribution in [0.3, 0.4) is 0 Å². The number of pyridine rings is 1. The third-order valence-electron chi connectivity index (χ3n) is 3.04. The summed E-state index contributed by atoms with van der Waals surface area (Å²) in [7, 11) is 0. The largest absolute Gasteiger partial charge is 0.281 e. The zero-order chi connectivity index (χ0) is 14.7. The van der Waals surface area contributed by atoms with E-state index in [0.29, 0.717) is 10.6 Å². The molecular weight excluding hydrogens is 282 g/mol. The lowest BCUT2D eigenvalue weighted by molar-refractivity contribution is 0.0959. The molecule has 1 amide bonds. The summed E-state index contributed by atoms with van der Waals surface area (Å²) < 4.78 is 0. The minimum atomic E-state index is -0.204. The van der Waals surface area contributed by atoms with Crippen LogP contribution in [0.15, 0.2) is 59.0 Å². The molecule has 0 aliphatic carbocycles. The number of thiophene rings is 1. The normalized spacial score (nSPS) is 11.6. The predicted molar refractivity (Wildman–Crippen MR) is 85.7 cm³/mol. The van der Waals surface area contributed by atoms with E-state index < -0.39 is 0 Å². The van der Waals surface area contributed by atoms with E-state index in [2.05, 4.69) is 15.5 Å². The van der Waals surface area contributed by atoms with Gasteiger partial charge in [-0.25, -0.2) is 10.4 Å². The molecule has 0 atom stereocenters. The first-order valence-electron chi connectivity index (χ1n) is 6.48. The number of nitrogens with one attached hydrogen (secondary N) is 1. The van der Waals surface area contributed by atoms with E-state index in [-0.39, 0.29) is 5.91 Å². The second-order valence-electron chi connectivity index (χ2n) is 4.50. The van der Waals surface area contributed by atoms with E-state index >= 15 is 0 Å². The van der Waals surface area contributed by atoms with Crippen LogP contribution in [0.1, 0.15) is 22.3 Å². The Labute approximate surface area is 126 Å². The van der Waals surface area contributed by atoms with Crippen molar-refractivity contribution >= 4 is 33.9 Å². The molecule has 1 N–H and O–H groups in total. The number of amides is 1. The first-order chi connectivity index (χ1) is 10.2. The summed E-state index contributed by atoms with van der Waals surface area (Å²) in [5.41, 5.74) is 4.88. The molecule has 2 aromatic heterocycles. The number of carbonyl (C=O) groups is 1. The van der Waals surface area contributed by atoms with Crippen LogP contribution in [0.4, 0.5) is 0 Å². The highest BCUT2D eigenvalue weighted by Crippen LogP contribution is 2.12. The molecule has 2 heterocycles. The van der Waals surface area contributed by atoms with Gasteiger partial charge in [0.15, 0.2) is 0 Å². The monoisotopic (exact) mass is 295 g/mol. The predicted octanol–water partition coefficient (Wildman–Crippen LogP) is 3.45. The van der Waals surface area contributed by atoms with Gasteiger partial charge >= 0.3 is 0 Å². The van der Waals surface area contributed by atoms with Gasteiger partial charge in [0.1, 0.15) is 0 Å². The number of carbonyl (C=O) groups excluding carboxylic acids is 1. The Kier molecular flexibility index (Phi) is 3.75. The van der Waals surface area contributed by atoms with E-state index in [1.807, 2.05) is 54.8 Å². The Morgan fingerprint density at radius 1 is 1.14 bits per heavy atom. The van der Waals surface area contributed by atoms with Crippen LogP contribution in [0.5, 0.6) is 0 Å². The van der Waals surface area contributed by atoms with Crippen LogP contribution in [0.2, 0.25) is 0 Å². The zero-order valence-electron chi connectivity index (χ0n) is 11.4. The lowest BCUT2D eigenvalue weighted by atomic mass is 10.2. The molecule has 3 aromatic rings. The van der Waals surface area contributed by atoms with Gasteiger partial charge in [0.2, 0.25) is 0 Å². The second-order valence-corrected chi connectivity index (χ2v) is 5.45. The molecule has 104 valence electrons. The molecule has 0 aliphatic rings. The van der Waals surface area contributed by atoms with E-state index in [1.54, 1.807) is 6.07 Å². The SMILES string of the molecule is C/C(=N\NC(=O)c1cccs1)c1ccc2ccccc2n1. The molecule has 0 unspecified atom stereocenters. The van der Waals surface area contributed by atoms with Gasteiger partial charge < -0.3 is 0 Å². The molecule has 21 heavy (non-hydrogen) atoms. The summed E-state index contributed by atoms with van der Waals surface area (Å²) in [5, 5.41) is 7.06. The molecule has 1 aromatic carbocycles. The Morgan fingerprint density at radius 2 is 2.00 bits per heavy atom. The van der Waals surface area contributed by atoms with Gasteiger partial charge in [0.25, 0.3) is 5.91 Å². The summed E-state index contributed by atoms with van der Waals surface area (Å²) in [6, 6.07) is 15.4. The fourth-order valence-corrected chi connectivity index (χ4v) is 2.54. The van der Waals surface area contributed by atoms with Gasteiger partial charge in [-0.3, -0.25) is 4.79 Å². The van der Waals surface area contributed by atoms with Crippen molar-refractivity contribution in [1.82, 2.24) is 10.4 Å². The van der Waals surface area contributed by atoms with Crippen molar-refractivity contribution in [2.24, 2.45) is 5.10 Å². The van der Waals surface area contributed by atoms with Crippen LogP contribution in [0.25, 0.3) is 10.9 Å².